The third-order valence-electron chi connectivity index (χ3n) is 4.78. The minimum atomic E-state index is -1.31. The minimum absolute atomic E-state index is 0.0638. The monoisotopic (exact) mass is 362 g/mol. The SMILES string of the molecule is CCCCC(CO)Nc1cc2c(cc1F)c(=O)c(C(=O)O)cn2C1CC1. The summed E-state index contributed by atoms with van der Waals surface area (Å²) in [7, 11) is 0. The maximum atomic E-state index is 14.6. The third-order valence-corrected chi connectivity index (χ3v) is 4.78. The smallest absolute Gasteiger partial charge is 0.341 e. The van der Waals surface area contributed by atoms with Crippen molar-refractivity contribution in [1.82, 2.24) is 4.57 Å². The second-order valence-corrected chi connectivity index (χ2v) is 6.83. The average Bonchev–Trinajstić information content (AvgIpc) is 3.44. The van der Waals surface area contributed by atoms with Gasteiger partial charge in [-0.15, -0.1) is 0 Å². The number of pyridine rings is 1. The number of carboxylic acids is 1. The lowest BCUT2D eigenvalue weighted by molar-refractivity contribution is 0.0695. The molecule has 26 heavy (non-hydrogen) atoms. The molecule has 140 valence electrons. The van der Waals surface area contributed by atoms with E-state index in [-0.39, 0.29) is 35.3 Å². The molecule has 0 radical (unpaired) electrons. The molecule has 1 fully saturated rings. The van der Waals surface area contributed by atoms with Gasteiger partial charge in [-0.1, -0.05) is 19.8 Å². The van der Waals surface area contributed by atoms with Gasteiger partial charge < -0.3 is 20.1 Å². The van der Waals surface area contributed by atoms with Crippen LogP contribution in [0.1, 0.15) is 55.4 Å². The highest BCUT2D eigenvalue weighted by molar-refractivity contribution is 5.93. The van der Waals surface area contributed by atoms with Gasteiger partial charge in [-0.25, -0.2) is 9.18 Å². The van der Waals surface area contributed by atoms with Crippen LogP contribution in [0, 0.1) is 5.82 Å². The highest BCUT2D eigenvalue weighted by atomic mass is 19.1. The quantitative estimate of drug-likeness (QED) is 0.671. The van der Waals surface area contributed by atoms with Crippen LogP contribution in [-0.4, -0.2) is 33.4 Å². The van der Waals surface area contributed by atoms with E-state index in [0.29, 0.717) is 11.9 Å². The Morgan fingerprint density at radius 1 is 1.42 bits per heavy atom. The average molecular weight is 362 g/mol. The number of hydrogen-bond donors (Lipinski definition) is 3. The predicted molar refractivity (Wildman–Crippen MR) is 97.4 cm³/mol. The zero-order chi connectivity index (χ0) is 18.8. The number of anilines is 1. The number of carboxylic acid groups (broad SMARTS) is 1. The number of nitrogens with one attached hydrogen (secondary N) is 1. The van der Waals surface area contributed by atoms with Gasteiger partial charge in [0.05, 0.1) is 17.8 Å². The number of rotatable bonds is 8. The number of unbranched alkanes of at least 4 members (excludes halogenated alkanes) is 1. The molecule has 3 N–H and O–H groups in total. The molecule has 0 bridgehead atoms. The number of fused-ring (bicyclic) bond motifs is 1. The number of aromatic nitrogens is 1. The molecule has 1 atom stereocenters. The van der Waals surface area contributed by atoms with Gasteiger partial charge in [0.25, 0.3) is 0 Å². The summed E-state index contributed by atoms with van der Waals surface area (Å²) in [5.74, 6) is -1.94. The topological polar surface area (TPSA) is 91.6 Å². The Kier molecular flexibility index (Phi) is 5.27. The molecule has 1 saturated carbocycles. The molecule has 7 heteroatoms. The molecule has 1 aliphatic carbocycles. The number of hydrogen-bond acceptors (Lipinski definition) is 4. The molecule has 0 aliphatic heterocycles. The maximum absolute atomic E-state index is 14.6. The van der Waals surface area contributed by atoms with E-state index in [1.165, 1.54) is 6.20 Å². The standard InChI is InChI=1S/C19H23FN2O4/c1-2-3-4-11(10-23)21-16-8-17-13(7-15(16)20)18(24)14(19(25)26)9-22(17)12-5-6-12/h7-9,11-12,21,23H,2-6,10H2,1H3,(H,25,26). The summed E-state index contributed by atoms with van der Waals surface area (Å²) >= 11 is 0. The fourth-order valence-corrected chi connectivity index (χ4v) is 3.17. The van der Waals surface area contributed by atoms with Crippen molar-refractivity contribution in [3.05, 3.63) is 39.9 Å². The number of aromatic carboxylic acids is 1. The van der Waals surface area contributed by atoms with E-state index < -0.39 is 17.2 Å². The largest absolute Gasteiger partial charge is 0.477 e. The first-order valence-electron chi connectivity index (χ1n) is 8.95. The molecule has 1 aliphatic rings. The van der Waals surface area contributed by atoms with Crippen LogP contribution in [0.5, 0.6) is 0 Å². The van der Waals surface area contributed by atoms with E-state index in [0.717, 1.165) is 31.7 Å². The summed E-state index contributed by atoms with van der Waals surface area (Å²) < 4.78 is 16.3. The van der Waals surface area contributed by atoms with Gasteiger partial charge >= 0.3 is 5.97 Å². The Morgan fingerprint density at radius 2 is 2.15 bits per heavy atom. The molecule has 0 amide bonds. The molecule has 1 aromatic carbocycles. The predicted octanol–water partition coefficient (Wildman–Crippen LogP) is 3.14. The van der Waals surface area contributed by atoms with Crippen LogP contribution in [-0.2, 0) is 0 Å². The van der Waals surface area contributed by atoms with E-state index in [4.69, 9.17) is 0 Å². The van der Waals surface area contributed by atoms with Crippen molar-refractivity contribution in [1.29, 1.82) is 0 Å². The lowest BCUT2D eigenvalue weighted by Crippen LogP contribution is -2.25. The van der Waals surface area contributed by atoms with Crippen LogP contribution in [0.15, 0.2) is 23.1 Å². The van der Waals surface area contributed by atoms with Crippen molar-refractivity contribution >= 4 is 22.6 Å². The van der Waals surface area contributed by atoms with Crippen LogP contribution in [0.4, 0.5) is 10.1 Å². The third kappa shape index (κ3) is 3.58. The fourth-order valence-electron chi connectivity index (χ4n) is 3.17. The molecular weight excluding hydrogens is 339 g/mol. The van der Waals surface area contributed by atoms with Crippen LogP contribution in [0.2, 0.25) is 0 Å². The van der Waals surface area contributed by atoms with Crippen molar-refractivity contribution in [3.63, 3.8) is 0 Å². The Balaban J connectivity index is 2.09. The summed E-state index contributed by atoms with van der Waals surface area (Å²) in [5, 5.41) is 21.8. The summed E-state index contributed by atoms with van der Waals surface area (Å²) in [5.41, 5.74) is -0.302. The number of carbonyl (C=O) groups is 1. The summed E-state index contributed by atoms with van der Waals surface area (Å²) in [4.78, 5) is 23.8. The minimum Gasteiger partial charge on any atom is -0.477 e. The summed E-state index contributed by atoms with van der Waals surface area (Å²) in [6, 6.07) is 2.49. The normalized spacial score (nSPS) is 15.2. The second kappa shape index (κ2) is 7.45. The van der Waals surface area contributed by atoms with Crippen LogP contribution < -0.4 is 10.7 Å². The van der Waals surface area contributed by atoms with Gasteiger partial charge in [-0.05, 0) is 31.4 Å². The van der Waals surface area contributed by atoms with E-state index >= 15 is 0 Å². The van der Waals surface area contributed by atoms with Crippen LogP contribution >= 0.6 is 0 Å². The highest BCUT2D eigenvalue weighted by Crippen LogP contribution is 2.37. The number of benzene rings is 1. The van der Waals surface area contributed by atoms with Gasteiger partial charge in [0.2, 0.25) is 5.43 Å². The molecule has 6 nitrogen and oxygen atoms in total. The fraction of sp³-hybridized carbons (Fsp3) is 0.474. The Hall–Kier alpha value is -2.41. The van der Waals surface area contributed by atoms with Crippen LogP contribution in [0.3, 0.4) is 0 Å². The molecule has 0 spiro atoms. The summed E-state index contributed by atoms with van der Waals surface area (Å²) in [6.07, 6.45) is 5.73. The van der Waals surface area contributed by atoms with Crippen molar-refractivity contribution in [2.24, 2.45) is 0 Å². The van der Waals surface area contributed by atoms with Gasteiger partial charge in [0.15, 0.2) is 0 Å². The molecule has 2 aromatic rings. The maximum Gasteiger partial charge on any atom is 0.341 e. The summed E-state index contributed by atoms with van der Waals surface area (Å²) in [6.45, 7) is 1.92. The van der Waals surface area contributed by atoms with Crippen LogP contribution in [0.25, 0.3) is 10.9 Å². The first-order valence-corrected chi connectivity index (χ1v) is 8.95. The van der Waals surface area contributed by atoms with E-state index in [9.17, 15) is 24.2 Å². The molecule has 1 aromatic heterocycles. The van der Waals surface area contributed by atoms with Gasteiger partial charge in [-0.2, -0.15) is 0 Å². The van der Waals surface area contributed by atoms with Gasteiger partial charge in [0, 0.05) is 23.7 Å². The van der Waals surface area contributed by atoms with E-state index in [2.05, 4.69) is 5.32 Å². The number of aliphatic hydroxyl groups is 1. The van der Waals surface area contributed by atoms with Crippen molar-refractivity contribution < 1.29 is 19.4 Å². The molecule has 0 saturated heterocycles. The van der Waals surface area contributed by atoms with Crippen molar-refractivity contribution in [2.45, 2.75) is 51.1 Å². The second-order valence-electron chi connectivity index (χ2n) is 6.83. The Labute approximate surface area is 150 Å². The first-order chi connectivity index (χ1) is 12.5. The highest BCUT2D eigenvalue weighted by Gasteiger charge is 2.27. The van der Waals surface area contributed by atoms with E-state index in [1.807, 2.05) is 6.92 Å². The Bertz CT molecular complexity index is 889. The molecule has 3 rings (SSSR count). The molecule has 1 heterocycles. The number of nitrogens with zero attached hydrogens (tertiary/aromatic N) is 1. The Morgan fingerprint density at radius 3 is 2.73 bits per heavy atom. The van der Waals surface area contributed by atoms with Gasteiger partial charge in [-0.3, -0.25) is 4.79 Å². The molecular formula is C19H23FN2O4. The lowest BCUT2D eigenvalue weighted by atomic mass is 10.1. The zero-order valence-electron chi connectivity index (χ0n) is 14.7. The molecule has 1 unspecified atom stereocenters. The van der Waals surface area contributed by atoms with Crippen molar-refractivity contribution in [3.8, 4) is 0 Å². The first kappa shape index (κ1) is 18.4. The van der Waals surface area contributed by atoms with E-state index in [1.54, 1.807) is 10.6 Å². The van der Waals surface area contributed by atoms with Crippen molar-refractivity contribution in [2.75, 3.05) is 11.9 Å². The zero-order valence-corrected chi connectivity index (χ0v) is 14.7. The number of aliphatic hydroxyl groups excluding tert-OH is 1. The van der Waals surface area contributed by atoms with Gasteiger partial charge in [0.1, 0.15) is 11.4 Å². The number of halogens is 1. The lowest BCUT2D eigenvalue weighted by Gasteiger charge is -2.19.